The van der Waals surface area contributed by atoms with E-state index in [1.807, 2.05) is 20.8 Å². The Balaban J connectivity index is 4.57. The van der Waals surface area contributed by atoms with Gasteiger partial charge in [-0.3, -0.25) is 0 Å². The Morgan fingerprint density at radius 1 is 1.13 bits per heavy atom. The van der Waals surface area contributed by atoms with E-state index in [4.69, 9.17) is 4.74 Å². The molecule has 0 bridgehead atoms. The van der Waals surface area contributed by atoms with Crippen LogP contribution in [0.25, 0.3) is 0 Å². The van der Waals surface area contributed by atoms with E-state index in [1.165, 1.54) is 0 Å². The van der Waals surface area contributed by atoms with Crippen LogP contribution in [0.2, 0.25) is 0 Å². The van der Waals surface area contributed by atoms with E-state index in [0.717, 1.165) is 6.42 Å². The van der Waals surface area contributed by atoms with Crippen molar-refractivity contribution in [3.8, 4) is 0 Å². The molecule has 0 saturated carbocycles. The van der Waals surface area contributed by atoms with Gasteiger partial charge in [0.15, 0.2) is 0 Å². The summed E-state index contributed by atoms with van der Waals surface area (Å²) in [7, 11) is 0. The molecular weight excluding hydrogens is 192 g/mol. The van der Waals surface area contributed by atoms with Crippen molar-refractivity contribution >= 4 is 0 Å². The first kappa shape index (κ1) is 14.9. The Bertz CT molecular complexity index is 168. The monoisotopic (exact) mass is 218 g/mol. The minimum absolute atomic E-state index is 0.134. The van der Waals surface area contributed by atoms with E-state index in [0.29, 0.717) is 12.3 Å². The largest absolute Gasteiger partial charge is 0.393 e. The molecule has 0 fully saturated rings. The summed E-state index contributed by atoms with van der Waals surface area (Å²) >= 11 is 0. The van der Waals surface area contributed by atoms with E-state index >= 15 is 0 Å². The minimum Gasteiger partial charge on any atom is -0.393 e. The molecule has 0 heterocycles. The summed E-state index contributed by atoms with van der Waals surface area (Å²) in [5, 5.41) is 18.8. The highest BCUT2D eigenvalue weighted by Gasteiger charge is 2.35. The lowest BCUT2D eigenvalue weighted by Crippen LogP contribution is -2.47. The second kappa shape index (κ2) is 5.83. The second-order valence-corrected chi connectivity index (χ2v) is 5.43. The summed E-state index contributed by atoms with van der Waals surface area (Å²) in [6.07, 6.45) is 1.71. The molecule has 1 atom stereocenters. The first-order chi connectivity index (χ1) is 6.78. The van der Waals surface area contributed by atoms with Crippen LogP contribution in [-0.4, -0.2) is 34.6 Å². The molecule has 0 aliphatic heterocycles. The van der Waals surface area contributed by atoms with E-state index in [-0.39, 0.29) is 18.8 Å². The standard InChI is InChI=1S/C12H26O3/c1-6-10(2)7-12(8-13,9-14)15-11(3,4)5/h10,13-14H,6-9H2,1-5H3. The van der Waals surface area contributed by atoms with Crippen molar-refractivity contribution in [3.05, 3.63) is 0 Å². The van der Waals surface area contributed by atoms with E-state index in [9.17, 15) is 10.2 Å². The highest BCUT2D eigenvalue weighted by molar-refractivity contribution is 4.84. The summed E-state index contributed by atoms with van der Waals surface area (Å²) in [5.74, 6) is 0.437. The van der Waals surface area contributed by atoms with Gasteiger partial charge in [-0.05, 0) is 33.1 Å². The maximum absolute atomic E-state index is 9.40. The van der Waals surface area contributed by atoms with Crippen LogP contribution in [0.5, 0.6) is 0 Å². The highest BCUT2D eigenvalue weighted by Crippen LogP contribution is 2.27. The van der Waals surface area contributed by atoms with Gasteiger partial charge in [0.05, 0.1) is 18.8 Å². The Hall–Kier alpha value is -0.120. The molecule has 0 aliphatic carbocycles. The molecule has 0 aliphatic rings. The molecule has 92 valence electrons. The lowest BCUT2D eigenvalue weighted by Gasteiger charge is -2.38. The molecule has 2 N–H and O–H groups in total. The van der Waals surface area contributed by atoms with Crippen LogP contribution >= 0.6 is 0 Å². The van der Waals surface area contributed by atoms with Gasteiger partial charge in [0.2, 0.25) is 0 Å². The smallest absolute Gasteiger partial charge is 0.115 e. The maximum atomic E-state index is 9.40. The Morgan fingerprint density at radius 3 is 1.87 bits per heavy atom. The average Bonchev–Trinajstić information content (AvgIpc) is 2.14. The van der Waals surface area contributed by atoms with Gasteiger partial charge >= 0.3 is 0 Å². The van der Waals surface area contributed by atoms with Crippen LogP contribution in [0.4, 0.5) is 0 Å². The van der Waals surface area contributed by atoms with Gasteiger partial charge in [-0.25, -0.2) is 0 Å². The minimum atomic E-state index is -0.798. The predicted molar refractivity (Wildman–Crippen MR) is 61.8 cm³/mol. The van der Waals surface area contributed by atoms with Crippen molar-refractivity contribution in [1.82, 2.24) is 0 Å². The lowest BCUT2D eigenvalue weighted by atomic mass is 9.90. The first-order valence-electron chi connectivity index (χ1n) is 5.70. The van der Waals surface area contributed by atoms with Crippen LogP contribution in [-0.2, 0) is 4.74 Å². The Labute approximate surface area is 93.5 Å². The molecular formula is C12H26O3. The van der Waals surface area contributed by atoms with Crippen LogP contribution in [0.1, 0.15) is 47.5 Å². The number of hydrogen-bond donors (Lipinski definition) is 2. The van der Waals surface area contributed by atoms with Crippen LogP contribution in [0.15, 0.2) is 0 Å². The topological polar surface area (TPSA) is 49.7 Å². The van der Waals surface area contributed by atoms with Gasteiger partial charge in [-0.15, -0.1) is 0 Å². The fourth-order valence-corrected chi connectivity index (χ4v) is 1.71. The zero-order valence-corrected chi connectivity index (χ0v) is 10.7. The predicted octanol–water partition coefficient (Wildman–Crippen LogP) is 1.96. The lowest BCUT2D eigenvalue weighted by molar-refractivity contribution is -0.180. The fraction of sp³-hybridized carbons (Fsp3) is 1.00. The molecule has 0 spiro atoms. The van der Waals surface area contributed by atoms with E-state index in [1.54, 1.807) is 0 Å². The molecule has 0 aromatic heterocycles. The molecule has 0 saturated heterocycles. The van der Waals surface area contributed by atoms with Crippen molar-refractivity contribution in [2.45, 2.75) is 58.7 Å². The van der Waals surface area contributed by atoms with Crippen molar-refractivity contribution in [2.75, 3.05) is 13.2 Å². The van der Waals surface area contributed by atoms with Crippen LogP contribution in [0, 0.1) is 5.92 Å². The zero-order valence-electron chi connectivity index (χ0n) is 10.7. The van der Waals surface area contributed by atoms with Crippen molar-refractivity contribution < 1.29 is 14.9 Å². The van der Waals surface area contributed by atoms with E-state index in [2.05, 4.69) is 13.8 Å². The molecule has 3 nitrogen and oxygen atoms in total. The molecule has 0 amide bonds. The van der Waals surface area contributed by atoms with Crippen LogP contribution < -0.4 is 0 Å². The third-order valence-electron chi connectivity index (χ3n) is 2.52. The quantitative estimate of drug-likeness (QED) is 0.716. The van der Waals surface area contributed by atoms with Gasteiger partial charge in [0.1, 0.15) is 5.60 Å². The number of rotatable bonds is 6. The summed E-state index contributed by atoms with van der Waals surface area (Å²) in [6.45, 7) is 9.74. The van der Waals surface area contributed by atoms with Gasteiger partial charge in [-0.2, -0.15) is 0 Å². The van der Waals surface area contributed by atoms with Gasteiger partial charge in [0, 0.05) is 0 Å². The maximum Gasteiger partial charge on any atom is 0.115 e. The highest BCUT2D eigenvalue weighted by atomic mass is 16.5. The van der Waals surface area contributed by atoms with Crippen molar-refractivity contribution in [1.29, 1.82) is 0 Å². The number of hydrogen-bond acceptors (Lipinski definition) is 3. The zero-order chi connectivity index (χ0) is 12.1. The second-order valence-electron chi connectivity index (χ2n) is 5.43. The molecule has 0 radical (unpaired) electrons. The average molecular weight is 218 g/mol. The van der Waals surface area contributed by atoms with E-state index < -0.39 is 5.60 Å². The van der Waals surface area contributed by atoms with Crippen molar-refractivity contribution in [2.24, 2.45) is 5.92 Å². The summed E-state index contributed by atoms with van der Waals surface area (Å²) in [6, 6.07) is 0. The number of ether oxygens (including phenoxy) is 1. The van der Waals surface area contributed by atoms with Gasteiger partial charge in [0.25, 0.3) is 0 Å². The molecule has 3 heteroatoms. The van der Waals surface area contributed by atoms with Gasteiger partial charge < -0.3 is 14.9 Å². The first-order valence-corrected chi connectivity index (χ1v) is 5.70. The third-order valence-corrected chi connectivity index (χ3v) is 2.52. The van der Waals surface area contributed by atoms with Gasteiger partial charge in [-0.1, -0.05) is 20.3 Å². The van der Waals surface area contributed by atoms with Crippen LogP contribution in [0.3, 0.4) is 0 Å². The fourth-order valence-electron chi connectivity index (χ4n) is 1.71. The third kappa shape index (κ3) is 5.50. The molecule has 0 rings (SSSR count). The normalized spacial score (nSPS) is 15.4. The SMILES string of the molecule is CCC(C)CC(CO)(CO)OC(C)(C)C. The van der Waals surface area contributed by atoms with Crippen molar-refractivity contribution in [3.63, 3.8) is 0 Å². The summed E-state index contributed by atoms with van der Waals surface area (Å²) in [5.41, 5.74) is -1.15. The Morgan fingerprint density at radius 2 is 1.60 bits per heavy atom. The Kier molecular flexibility index (Phi) is 5.78. The number of aliphatic hydroxyl groups excluding tert-OH is 2. The molecule has 0 aromatic carbocycles. The summed E-state index contributed by atoms with van der Waals surface area (Å²) < 4.78 is 5.80. The molecule has 0 aromatic rings. The molecule has 15 heavy (non-hydrogen) atoms. The number of aliphatic hydroxyl groups is 2. The summed E-state index contributed by atoms with van der Waals surface area (Å²) in [4.78, 5) is 0. The molecule has 1 unspecified atom stereocenters.